The van der Waals surface area contributed by atoms with Crippen LogP contribution < -0.4 is 5.32 Å². The van der Waals surface area contributed by atoms with E-state index in [1.807, 2.05) is 66.1 Å². The molecule has 2 unspecified atom stereocenters. The van der Waals surface area contributed by atoms with E-state index in [0.717, 1.165) is 22.4 Å². The van der Waals surface area contributed by atoms with Crippen LogP contribution >= 0.6 is 0 Å². The van der Waals surface area contributed by atoms with Crippen LogP contribution in [-0.4, -0.2) is 39.3 Å². The molecule has 1 aliphatic rings. The van der Waals surface area contributed by atoms with Crippen LogP contribution in [0.3, 0.4) is 0 Å². The van der Waals surface area contributed by atoms with Gasteiger partial charge in [-0.3, -0.25) is 9.59 Å². The van der Waals surface area contributed by atoms with Gasteiger partial charge in [0, 0.05) is 6.54 Å². The number of fused-ring (bicyclic) bond motifs is 3. The predicted molar refractivity (Wildman–Crippen MR) is 135 cm³/mol. The van der Waals surface area contributed by atoms with Gasteiger partial charge >= 0.3 is 5.97 Å². The topological polar surface area (TPSA) is 93.5 Å². The monoisotopic (exact) mass is 482 g/mol. The molecule has 5 rings (SSSR count). The van der Waals surface area contributed by atoms with E-state index in [-0.39, 0.29) is 29.8 Å². The Balaban J connectivity index is 1.50. The summed E-state index contributed by atoms with van der Waals surface area (Å²) in [7, 11) is 1.29. The van der Waals surface area contributed by atoms with Gasteiger partial charge in [0.25, 0.3) is 0 Å². The number of carbonyl (C=O) groups excluding carboxylic acids is 3. The number of nitrogens with one attached hydrogen (secondary N) is 1. The maximum Gasteiger partial charge on any atom is 0.339 e. The Hall–Kier alpha value is -4.46. The first-order valence-electron chi connectivity index (χ1n) is 11.8. The summed E-state index contributed by atoms with van der Waals surface area (Å²) in [5.41, 5.74) is 3.16. The molecule has 2 heterocycles. The molecule has 0 bridgehead atoms. The lowest BCUT2D eigenvalue weighted by Crippen LogP contribution is -2.45. The largest absolute Gasteiger partial charge is 0.465 e. The van der Waals surface area contributed by atoms with E-state index in [1.165, 1.54) is 7.11 Å². The van der Waals surface area contributed by atoms with Crippen molar-refractivity contribution in [2.75, 3.05) is 12.4 Å². The van der Waals surface area contributed by atoms with Gasteiger partial charge in [-0.15, -0.1) is 0 Å². The molecule has 8 heteroatoms. The van der Waals surface area contributed by atoms with Crippen molar-refractivity contribution in [1.82, 2.24) is 14.5 Å². The number of anilines is 1. The third kappa shape index (κ3) is 4.22. The van der Waals surface area contributed by atoms with Crippen molar-refractivity contribution in [3.05, 3.63) is 95.8 Å². The Labute approximate surface area is 208 Å². The van der Waals surface area contributed by atoms with Gasteiger partial charge < -0.3 is 19.5 Å². The standard InChI is InChI=1S/C28H26N4O4/c1-18-26-30-22-14-8-9-15-23(22)32(26)24(27(34)31(18)17-19-10-4-3-5-11-19)16-25(33)29-21-13-7-6-12-20(21)28(35)36-2/h3-15,18,24H,16-17H2,1-2H3,(H,29,33). The van der Waals surface area contributed by atoms with E-state index < -0.39 is 12.0 Å². The SMILES string of the molecule is COC(=O)c1ccccc1NC(=O)CC1C(=O)N(Cc2ccccc2)C(C)c2nc3ccccc3n21. The zero-order chi connectivity index (χ0) is 25.2. The number of aromatic nitrogens is 2. The van der Waals surface area contributed by atoms with E-state index in [1.54, 1.807) is 29.2 Å². The summed E-state index contributed by atoms with van der Waals surface area (Å²) in [5.74, 6) is -0.356. The van der Waals surface area contributed by atoms with Crippen LogP contribution in [0.25, 0.3) is 11.0 Å². The van der Waals surface area contributed by atoms with Crippen molar-refractivity contribution in [1.29, 1.82) is 0 Å². The summed E-state index contributed by atoms with van der Waals surface area (Å²) in [6.45, 7) is 2.37. The smallest absolute Gasteiger partial charge is 0.339 e. The molecule has 0 aliphatic carbocycles. The number of methoxy groups -OCH3 is 1. The number of carbonyl (C=O) groups is 3. The molecule has 2 amide bonds. The Kier molecular flexibility index (Phi) is 6.25. The van der Waals surface area contributed by atoms with Gasteiger partial charge in [0.05, 0.1) is 41.9 Å². The van der Waals surface area contributed by atoms with E-state index in [2.05, 4.69) is 5.32 Å². The number of hydrogen-bond donors (Lipinski definition) is 1. The lowest BCUT2D eigenvalue weighted by Gasteiger charge is -2.38. The van der Waals surface area contributed by atoms with Gasteiger partial charge in [-0.25, -0.2) is 9.78 Å². The fourth-order valence-corrected chi connectivity index (χ4v) is 4.75. The van der Waals surface area contributed by atoms with Crippen LogP contribution in [0, 0.1) is 0 Å². The van der Waals surface area contributed by atoms with Crippen LogP contribution in [0.5, 0.6) is 0 Å². The molecule has 4 aromatic rings. The molecule has 2 atom stereocenters. The molecule has 1 aromatic heterocycles. The fraction of sp³-hybridized carbons (Fsp3) is 0.214. The molecule has 0 saturated heterocycles. The fourth-order valence-electron chi connectivity index (χ4n) is 4.75. The molecule has 0 radical (unpaired) electrons. The van der Waals surface area contributed by atoms with E-state index >= 15 is 0 Å². The van der Waals surface area contributed by atoms with E-state index in [0.29, 0.717) is 12.2 Å². The highest BCUT2D eigenvalue weighted by Gasteiger charge is 2.40. The van der Waals surface area contributed by atoms with Crippen molar-refractivity contribution < 1.29 is 19.1 Å². The summed E-state index contributed by atoms with van der Waals surface area (Å²) in [6, 6.07) is 23.0. The van der Waals surface area contributed by atoms with Crippen molar-refractivity contribution >= 4 is 34.5 Å². The molecule has 0 fully saturated rings. The first kappa shape index (κ1) is 23.3. The van der Waals surface area contributed by atoms with Crippen molar-refractivity contribution in [2.45, 2.75) is 32.0 Å². The first-order valence-corrected chi connectivity index (χ1v) is 11.8. The Morgan fingerprint density at radius 3 is 2.44 bits per heavy atom. The number of imidazole rings is 1. The normalized spacial score (nSPS) is 17.1. The van der Waals surface area contributed by atoms with E-state index in [4.69, 9.17) is 9.72 Å². The van der Waals surface area contributed by atoms with Gasteiger partial charge in [0.15, 0.2) is 0 Å². The van der Waals surface area contributed by atoms with Gasteiger partial charge in [-0.2, -0.15) is 0 Å². The third-order valence-electron chi connectivity index (χ3n) is 6.53. The Morgan fingerprint density at radius 1 is 0.972 bits per heavy atom. The zero-order valence-corrected chi connectivity index (χ0v) is 20.0. The Morgan fingerprint density at radius 2 is 1.67 bits per heavy atom. The van der Waals surface area contributed by atoms with Crippen LogP contribution in [0.4, 0.5) is 5.69 Å². The first-order chi connectivity index (χ1) is 17.5. The predicted octanol–water partition coefficient (Wildman–Crippen LogP) is 4.50. The molecule has 3 aromatic carbocycles. The van der Waals surface area contributed by atoms with Gasteiger partial charge in [0.2, 0.25) is 11.8 Å². The number of esters is 1. The van der Waals surface area contributed by atoms with Crippen LogP contribution in [0.15, 0.2) is 78.9 Å². The van der Waals surface area contributed by atoms with Gasteiger partial charge in [-0.1, -0.05) is 54.6 Å². The quantitative estimate of drug-likeness (QED) is 0.409. The second kappa shape index (κ2) is 9.65. The summed E-state index contributed by atoms with van der Waals surface area (Å²) < 4.78 is 6.71. The lowest BCUT2D eigenvalue weighted by atomic mass is 10.0. The number of hydrogen-bond acceptors (Lipinski definition) is 5. The second-order valence-electron chi connectivity index (χ2n) is 8.76. The summed E-state index contributed by atoms with van der Waals surface area (Å²) in [4.78, 5) is 45.9. The average molecular weight is 483 g/mol. The number of rotatable bonds is 6. The summed E-state index contributed by atoms with van der Waals surface area (Å²) >= 11 is 0. The molecule has 0 saturated carbocycles. The van der Waals surface area contributed by atoms with Crippen LogP contribution in [-0.2, 0) is 20.9 Å². The molecular formula is C28H26N4O4. The summed E-state index contributed by atoms with van der Waals surface area (Å²) in [6.07, 6.45) is -0.111. The van der Waals surface area contributed by atoms with Gasteiger partial charge in [0.1, 0.15) is 11.9 Å². The number of benzene rings is 3. The minimum atomic E-state index is -0.780. The number of ether oxygens (including phenoxy) is 1. The average Bonchev–Trinajstić information content (AvgIpc) is 3.29. The number of nitrogens with zero attached hydrogens (tertiary/aromatic N) is 3. The van der Waals surface area contributed by atoms with Crippen LogP contribution in [0.2, 0.25) is 0 Å². The third-order valence-corrected chi connectivity index (χ3v) is 6.53. The minimum absolute atomic E-state index is 0.111. The molecule has 1 aliphatic heterocycles. The maximum absolute atomic E-state index is 13.9. The molecule has 182 valence electrons. The van der Waals surface area contributed by atoms with Crippen LogP contribution in [0.1, 0.15) is 47.2 Å². The molecule has 8 nitrogen and oxygen atoms in total. The number of amides is 2. The van der Waals surface area contributed by atoms with Gasteiger partial charge in [-0.05, 0) is 36.8 Å². The lowest BCUT2D eigenvalue weighted by molar-refractivity contribution is -0.142. The summed E-state index contributed by atoms with van der Waals surface area (Å²) in [5, 5.41) is 2.80. The zero-order valence-electron chi connectivity index (χ0n) is 20.0. The molecule has 36 heavy (non-hydrogen) atoms. The van der Waals surface area contributed by atoms with E-state index in [9.17, 15) is 14.4 Å². The van der Waals surface area contributed by atoms with Crippen molar-refractivity contribution in [3.8, 4) is 0 Å². The highest BCUT2D eigenvalue weighted by atomic mass is 16.5. The highest BCUT2D eigenvalue weighted by Crippen LogP contribution is 2.37. The second-order valence-corrected chi connectivity index (χ2v) is 8.76. The molecule has 0 spiro atoms. The minimum Gasteiger partial charge on any atom is -0.465 e. The number of para-hydroxylation sites is 3. The van der Waals surface area contributed by atoms with Crippen molar-refractivity contribution in [3.63, 3.8) is 0 Å². The maximum atomic E-state index is 13.9. The highest BCUT2D eigenvalue weighted by molar-refractivity contribution is 6.02. The Bertz CT molecular complexity index is 1450. The molecule has 1 N–H and O–H groups in total. The molecular weight excluding hydrogens is 456 g/mol. The van der Waals surface area contributed by atoms with Crippen molar-refractivity contribution in [2.24, 2.45) is 0 Å².